The van der Waals surface area contributed by atoms with Gasteiger partial charge in [-0.3, -0.25) is 0 Å². The molecule has 2 rings (SSSR count). The van der Waals surface area contributed by atoms with Gasteiger partial charge in [0.05, 0.1) is 5.56 Å². The highest BCUT2D eigenvalue weighted by molar-refractivity contribution is 5.86. The summed E-state index contributed by atoms with van der Waals surface area (Å²) in [6, 6.07) is 7.33. The van der Waals surface area contributed by atoms with Crippen LogP contribution in [-0.2, 0) is 6.18 Å². The van der Waals surface area contributed by atoms with Crippen molar-refractivity contribution in [3.8, 4) is 0 Å². The van der Waals surface area contributed by atoms with Crippen molar-refractivity contribution in [2.45, 2.75) is 6.18 Å². The molecular weight excluding hydrogens is 273 g/mol. The van der Waals surface area contributed by atoms with E-state index in [1.165, 1.54) is 30.5 Å². The largest absolute Gasteiger partial charge is 0.477 e. The molecule has 7 heteroatoms. The van der Waals surface area contributed by atoms with Crippen molar-refractivity contribution in [1.29, 1.82) is 0 Å². The first kappa shape index (κ1) is 13.9. The molecular formula is C13H9F3N2O2. The smallest absolute Gasteiger partial charge is 0.416 e. The Morgan fingerprint density at radius 1 is 1.15 bits per heavy atom. The number of carbonyl (C=O) groups is 1. The molecule has 2 N–H and O–H groups in total. The molecule has 0 saturated heterocycles. The molecule has 0 aliphatic carbocycles. The fourth-order valence-corrected chi connectivity index (χ4v) is 1.57. The van der Waals surface area contributed by atoms with Crippen LogP contribution in [0.3, 0.4) is 0 Å². The van der Waals surface area contributed by atoms with Gasteiger partial charge in [0.25, 0.3) is 0 Å². The highest BCUT2D eigenvalue weighted by Gasteiger charge is 2.30. The van der Waals surface area contributed by atoms with Crippen LogP contribution in [0, 0.1) is 0 Å². The molecule has 20 heavy (non-hydrogen) atoms. The first-order valence-corrected chi connectivity index (χ1v) is 5.50. The molecule has 2 aromatic rings. The Hall–Kier alpha value is -2.57. The zero-order valence-corrected chi connectivity index (χ0v) is 9.98. The van der Waals surface area contributed by atoms with Gasteiger partial charge in [-0.2, -0.15) is 13.2 Å². The number of nitrogens with zero attached hydrogens (tertiary/aromatic N) is 1. The fraction of sp³-hybridized carbons (Fsp3) is 0.0769. The third-order valence-electron chi connectivity index (χ3n) is 2.46. The van der Waals surface area contributed by atoms with E-state index >= 15 is 0 Å². The van der Waals surface area contributed by atoms with E-state index < -0.39 is 17.7 Å². The number of anilines is 2. The van der Waals surface area contributed by atoms with Crippen molar-refractivity contribution < 1.29 is 23.1 Å². The van der Waals surface area contributed by atoms with Gasteiger partial charge in [-0.15, -0.1) is 0 Å². The van der Waals surface area contributed by atoms with Crippen molar-refractivity contribution >= 4 is 17.3 Å². The number of pyridine rings is 1. The molecule has 4 nitrogen and oxygen atoms in total. The maximum Gasteiger partial charge on any atom is 0.416 e. The first-order chi connectivity index (χ1) is 9.36. The van der Waals surface area contributed by atoms with E-state index in [1.54, 1.807) is 0 Å². The molecule has 0 aliphatic heterocycles. The van der Waals surface area contributed by atoms with E-state index in [9.17, 15) is 18.0 Å². The maximum atomic E-state index is 12.6. The quantitative estimate of drug-likeness (QED) is 0.903. The number of aromatic nitrogens is 1. The van der Waals surface area contributed by atoms with Gasteiger partial charge in [0.15, 0.2) is 0 Å². The first-order valence-electron chi connectivity index (χ1n) is 5.50. The zero-order valence-electron chi connectivity index (χ0n) is 9.98. The monoisotopic (exact) mass is 282 g/mol. The van der Waals surface area contributed by atoms with Crippen molar-refractivity contribution in [3.63, 3.8) is 0 Å². The van der Waals surface area contributed by atoms with Crippen molar-refractivity contribution in [1.82, 2.24) is 4.98 Å². The Bertz CT molecular complexity index is 642. The summed E-state index contributed by atoms with van der Waals surface area (Å²) in [6.45, 7) is 0. The van der Waals surface area contributed by atoms with Crippen molar-refractivity contribution in [2.75, 3.05) is 5.32 Å². The predicted octanol–water partition coefficient (Wildman–Crippen LogP) is 3.54. The molecule has 0 unspecified atom stereocenters. The van der Waals surface area contributed by atoms with E-state index in [4.69, 9.17) is 5.11 Å². The summed E-state index contributed by atoms with van der Waals surface area (Å²) < 4.78 is 37.7. The zero-order chi connectivity index (χ0) is 14.8. The molecule has 1 aromatic carbocycles. The summed E-state index contributed by atoms with van der Waals surface area (Å²) >= 11 is 0. The van der Waals surface area contributed by atoms with Crippen LogP contribution in [0.2, 0.25) is 0 Å². The van der Waals surface area contributed by atoms with Gasteiger partial charge in [0.2, 0.25) is 0 Å². The molecule has 1 aromatic heterocycles. The van der Waals surface area contributed by atoms with Gasteiger partial charge in [-0.1, -0.05) is 6.07 Å². The van der Waals surface area contributed by atoms with Crippen LogP contribution in [0.15, 0.2) is 42.6 Å². The molecule has 0 radical (unpaired) electrons. The third-order valence-corrected chi connectivity index (χ3v) is 2.46. The number of benzene rings is 1. The Morgan fingerprint density at radius 3 is 2.50 bits per heavy atom. The van der Waals surface area contributed by atoms with Gasteiger partial charge in [0.1, 0.15) is 5.69 Å². The van der Waals surface area contributed by atoms with E-state index in [0.29, 0.717) is 5.69 Å². The molecule has 1 heterocycles. The van der Waals surface area contributed by atoms with Gasteiger partial charge >= 0.3 is 12.1 Å². The summed E-state index contributed by atoms with van der Waals surface area (Å²) in [5.41, 5.74) is -0.420. The number of carboxylic acids is 1. The highest BCUT2D eigenvalue weighted by Crippen LogP contribution is 2.31. The number of alkyl halides is 3. The van der Waals surface area contributed by atoms with Crippen LogP contribution in [0.5, 0.6) is 0 Å². The maximum absolute atomic E-state index is 12.6. The average molecular weight is 282 g/mol. The summed E-state index contributed by atoms with van der Waals surface area (Å²) in [5, 5.41) is 11.5. The Kier molecular flexibility index (Phi) is 3.60. The minimum absolute atomic E-state index is 0.193. The number of hydrogen-bond acceptors (Lipinski definition) is 3. The minimum atomic E-state index is -4.43. The molecule has 0 fully saturated rings. The number of aromatic carboxylic acids is 1. The summed E-state index contributed by atoms with van der Waals surface area (Å²) in [5.74, 6) is -1.21. The van der Waals surface area contributed by atoms with E-state index in [-0.39, 0.29) is 11.4 Å². The molecule has 0 spiro atoms. The van der Waals surface area contributed by atoms with Crippen LogP contribution >= 0.6 is 0 Å². The van der Waals surface area contributed by atoms with Crippen molar-refractivity contribution in [2.24, 2.45) is 0 Å². The number of rotatable bonds is 3. The van der Waals surface area contributed by atoms with Crippen LogP contribution < -0.4 is 5.32 Å². The number of nitrogens with one attached hydrogen (secondary N) is 1. The topological polar surface area (TPSA) is 62.2 Å². The Labute approximate surface area is 111 Å². The second-order valence-corrected chi connectivity index (χ2v) is 3.94. The van der Waals surface area contributed by atoms with Gasteiger partial charge in [0, 0.05) is 17.6 Å². The fourth-order valence-electron chi connectivity index (χ4n) is 1.57. The summed E-state index contributed by atoms with van der Waals surface area (Å²) in [4.78, 5) is 14.4. The SMILES string of the molecule is O=C(O)c1cc(Nc2cccc(C(F)(F)F)c2)ccn1. The van der Waals surface area contributed by atoms with Crippen molar-refractivity contribution in [3.05, 3.63) is 53.9 Å². The second kappa shape index (κ2) is 5.20. The minimum Gasteiger partial charge on any atom is -0.477 e. The van der Waals surface area contributed by atoms with Gasteiger partial charge in [-0.25, -0.2) is 9.78 Å². The lowest BCUT2D eigenvalue weighted by Gasteiger charge is -2.10. The summed E-state index contributed by atoms with van der Waals surface area (Å²) in [6.07, 6.45) is -3.17. The van der Waals surface area contributed by atoms with Crippen LogP contribution in [0.25, 0.3) is 0 Å². The van der Waals surface area contributed by atoms with E-state index in [1.807, 2.05) is 0 Å². The molecule has 0 bridgehead atoms. The number of halogens is 3. The van der Waals surface area contributed by atoms with Crippen LogP contribution in [0.1, 0.15) is 16.1 Å². The van der Waals surface area contributed by atoms with Crippen LogP contribution in [0.4, 0.5) is 24.5 Å². The molecule has 104 valence electrons. The third kappa shape index (κ3) is 3.25. The highest BCUT2D eigenvalue weighted by atomic mass is 19.4. The van der Waals surface area contributed by atoms with Crippen LogP contribution in [-0.4, -0.2) is 16.1 Å². The second-order valence-electron chi connectivity index (χ2n) is 3.94. The lowest BCUT2D eigenvalue weighted by Crippen LogP contribution is -2.05. The van der Waals surface area contributed by atoms with Gasteiger partial charge in [-0.05, 0) is 30.3 Å². The van der Waals surface area contributed by atoms with Gasteiger partial charge < -0.3 is 10.4 Å². The molecule has 0 aliphatic rings. The number of carboxylic acid groups (broad SMARTS) is 1. The molecule has 0 amide bonds. The molecule has 0 atom stereocenters. The number of hydrogen-bond donors (Lipinski definition) is 2. The lowest BCUT2D eigenvalue weighted by molar-refractivity contribution is -0.137. The Morgan fingerprint density at radius 2 is 1.85 bits per heavy atom. The normalized spacial score (nSPS) is 11.2. The standard InChI is InChI=1S/C13H9F3N2O2/c14-13(15,16)8-2-1-3-9(6-8)18-10-4-5-17-11(7-10)12(19)20/h1-7H,(H,17,18)(H,19,20). The molecule has 0 saturated carbocycles. The Balaban J connectivity index is 2.26. The predicted molar refractivity (Wildman–Crippen MR) is 65.9 cm³/mol. The average Bonchev–Trinajstić information content (AvgIpc) is 2.38. The van der Waals surface area contributed by atoms with E-state index in [0.717, 1.165) is 12.1 Å². The van der Waals surface area contributed by atoms with E-state index in [2.05, 4.69) is 10.3 Å². The summed E-state index contributed by atoms with van der Waals surface area (Å²) in [7, 11) is 0. The lowest BCUT2D eigenvalue weighted by atomic mass is 10.2.